The van der Waals surface area contributed by atoms with Crippen LogP contribution in [0.1, 0.15) is 0 Å². The molecule has 0 aliphatic rings. The first-order chi connectivity index (χ1) is 11.3. The number of rotatable bonds is 0. The van der Waals surface area contributed by atoms with E-state index in [0.717, 1.165) is 43.9 Å². The van der Waals surface area contributed by atoms with Gasteiger partial charge >= 0.3 is 0 Å². The minimum Gasteiger partial charge on any atom is -0.399 e. The van der Waals surface area contributed by atoms with Crippen molar-refractivity contribution in [3.8, 4) is 0 Å². The van der Waals surface area contributed by atoms with Gasteiger partial charge in [0.2, 0.25) is 0 Å². The van der Waals surface area contributed by atoms with Gasteiger partial charge in [0.25, 0.3) is 0 Å². The molecule has 3 nitrogen and oxygen atoms in total. The van der Waals surface area contributed by atoms with E-state index in [1.54, 1.807) is 0 Å². The SMILES string of the molecule is Nc1ccc2c3ccccc3c3nc4ccccc4nc3c2c1. The molecular formula is C20H13N3. The lowest BCUT2D eigenvalue weighted by molar-refractivity contribution is 1.42. The summed E-state index contributed by atoms with van der Waals surface area (Å²) in [5.41, 5.74) is 10.4. The smallest absolute Gasteiger partial charge is 0.0980 e. The summed E-state index contributed by atoms with van der Waals surface area (Å²) in [5.74, 6) is 0. The van der Waals surface area contributed by atoms with Gasteiger partial charge in [-0.3, -0.25) is 0 Å². The lowest BCUT2D eigenvalue weighted by atomic mass is 9.99. The zero-order valence-corrected chi connectivity index (χ0v) is 12.3. The molecule has 3 heteroatoms. The van der Waals surface area contributed by atoms with Crippen molar-refractivity contribution in [1.29, 1.82) is 0 Å². The molecule has 5 aromatic rings. The van der Waals surface area contributed by atoms with Crippen molar-refractivity contribution in [3.05, 3.63) is 66.7 Å². The molecule has 1 aromatic heterocycles. The van der Waals surface area contributed by atoms with E-state index in [1.807, 2.05) is 42.5 Å². The normalized spacial score (nSPS) is 11.7. The Hall–Kier alpha value is -3.20. The maximum Gasteiger partial charge on any atom is 0.0980 e. The molecule has 2 N–H and O–H groups in total. The third-order valence-electron chi connectivity index (χ3n) is 4.34. The lowest BCUT2D eigenvalue weighted by Crippen LogP contribution is -1.92. The highest BCUT2D eigenvalue weighted by Crippen LogP contribution is 2.34. The van der Waals surface area contributed by atoms with Crippen LogP contribution in [0.4, 0.5) is 5.69 Å². The van der Waals surface area contributed by atoms with E-state index in [1.165, 1.54) is 5.39 Å². The predicted octanol–water partition coefficient (Wildman–Crippen LogP) is 4.67. The quantitative estimate of drug-likeness (QED) is 0.256. The summed E-state index contributed by atoms with van der Waals surface area (Å²) >= 11 is 0. The van der Waals surface area contributed by atoms with E-state index in [4.69, 9.17) is 15.7 Å². The second kappa shape index (κ2) is 4.40. The Morgan fingerprint density at radius 3 is 1.87 bits per heavy atom. The number of hydrogen-bond acceptors (Lipinski definition) is 3. The van der Waals surface area contributed by atoms with Gasteiger partial charge in [-0.2, -0.15) is 0 Å². The topological polar surface area (TPSA) is 51.8 Å². The molecule has 0 bridgehead atoms. The molecule has 0 unspecified atom stereocenters. The number of nitrogen functional groups attached to an aromatic ring is 1. The summed E-state index contributed by atoms with van der Waals surface area (Å²) in [5, 5.41) is 4.52. The summed E-state index contributed by atoms with van der Waals surface area (Å²) in [6, 6.07) is 22.3. The van der Waals surface area contributed by atoms with Gasteiger partial charge in [0.15, 0.2) is 0 Å². The van der Waals surface area contributed by atoms with Crippen molar-refractivity contribution in [3.63, 3.8) is 0 Å². The van der Waals surface area contributed by atoms with Crippen molar-refractivity contribution in [2.24, 2.45) is 0 Å². The maximum atomic E-state index is 6.02. The van der Waals surface area contributed by atoms with Crippen LogP contribution in [-0.4, -0.2) is 9.97 Å². The van der Waals surface area contributed by atoms with Gasteiger partial charge in [0.05, 0.1) is 22.1 Å². The van der Waals surface area contributed by atoms with E-state index in [-0.39, 0.29) is 0 Å². The first-order valence-corrected chi connectivity index (χ1v) is 7.58. The van der Waals surface area contributed by atoms with Crippen LogP contribution in [0.25, 0.3) is 43.6 Å². The van der Waals surface area contributed by atoms with Gasteiger partial charge in [-0.15, -0.1) is 0 Å². The molecule has 0 aliphatic carbocycles. The minimum absolute atomic E-state index is 0.740. The van der Waals surface area contributed by atoms with Crippen LogP contribution in [0.15, 0.2) is 66.7 Å². The van der Waals surface area contributed by atoms with Crippen molar-refractivity contribution in [2.45, 2.75) is 0 Å². The van der Waals surface area contributed by atoms with Crippen LogP contribution in [0, 0.1) is 0 Å². The van der Waals surface area contributed by atoms with Crippen LogP contribution < -0.4 is 5.73 Å². The molecule has 0 spiro atoms. The van der Waals surface area contributed by atoms with Gasteiger partial charge in [-0.1, -0.05) is 42.5 Å². The largest absolute Gasteiger partial charge is 0.399 e. The number of nitrogens with two attached hydrogens (primary N) is 1. The van der Waals surface area contributed by atoms with E-state index in [2.05, 4.69) is 24.3 Å². The number of benzene rings is 4. The Morgan fingerprint density at radius 2 is 1.13 bits per heavy atom. The minimum atomic E-state index is 0.740. The Morgan fingerprint density at radius 1 is 0.565 bits per heavy atom. The fourth-order valence-electron chi connectivity index (χ4n) is 3.29. The van der Waals surface area contributed by atoms with Crippen LogP contribution in [0.3, 0.4) is 0 Å². The zero-order chi connectivity index (χ0) is 15.4. The van der Waals surface area contributed by atoms with Gasteiger partial charge in [0.1, 0.15) is 0 Å². The van der Waals surface area contributed by atoms with Crippen LogP contribution in [0.2, 0.25) is 0 Å². The molecule has 4 aromatic carbocycles. The summed E-state index contributed by atoms with van der Waals surface area (Å²) in [7, 11) is 0. The highest BCUT2D eigenvalue weighted by molar-refractivity contribution is 6.24. The third-order valence-corrected chi connectivity index (χ3v) is 4.34. The Kier molecular flexibility index (Phi) is 2.36. The predicted molar refractivity (Wildman–Crippen MR) is 96.5 cm³/mol. The van der Waals surface area contributed by atoms with Crippen LogP contribution >= 0.6 is 0 Å². The number of para-hydroxylation sites is 2. The molecule has 0 aliphatic heterocycles. The van der Waals surface area contributed by atoms with Crippen LogP contribution in [-0.2, 0) is 0 Å². The molecule has 5 rings (SSSR count). The van der Waals surface area contributed by atoms with E-state index in [0.29, 0.717) is 0 Å². The Bertz CT molecular complexity index is 1230. The van der Waals surface area contributed by atoms with Gasteiger partial charge in [-0.05, 0) is 35.0 Å². The number of hydrogen-bond donors (Lipinski definition) is 1. The highest BCUT2D eigenvalue weighted by atomic mass is 14.8. The molecule has 0 saturated heterocycles. The van der Waals surface area contributed by atoms with E-state index in [9.17, 15) is 0 Å². The second-order valence-corrected chi connectivity index (χ2v) is 5.76. The fraction of sp³-hybridized carbons (Fsp3) is 0. The second-order valence-electron chi connectivity index (χ2n) is 5.76. The van der Waals surface area contributed by atoms with Crippen molar-refractivity contribution in [2.75, 3.05) is 5.73 Å². The standard InChI is InChI=1S/C20H13N3/c21-12-9-10-14-13-5-1-2-6-15(13)19-20(16(14)11-12)23-18-8-4-3-7-17(18)22-19/h1-11H,21H2. The average Bonchev–Trinajstić information content (AvgIpc) is 2.60. The van der Waals surface area contributed by atoms with E-state index >= 15 is 0 Å². The van der Waals surface area contributed by atoms with Gasteiger partial charge in [-0.25, -0.2) is 9.97 Å². The molecule has 0 atom stereocenters. The fourth-order valence-corrected chi connectivity index (χ4v) is 3.29. The lowest BCUT2D eigenvalue weighted by Gasteiger charge is -2.10. The van der Waals surface area contributed by atoms with Crippen LogP contribution in [0.5, 0.6) is 0 Å². The molecule has 0 radical (unpaired) electrons. The summed E-state index contributed by atoms with van der Waals surface area (Å²) in [6.07, 6.45) is 0. The summed E-state index contributed by atoms with van der Waals surface area (Å²) in [4.78, 5) is 9.76. The number of aromatic nitrogens is 2. The van der Waals surface area contributed by atoms with Crippen molar-refractivity contribution >= 4 is 49.3 Å². The Balaban J connectivity index is 2.16. The number of fused-ring (bicyclic) bond motifs is 7. The molecule has 1 heterocycles. The first kappa shape index (κ1) is 12.4. The first-order valence-electron chi connectivity index (χ1n) is 7.58. The molecule has 23 heavy (non-hydrogen) atoms. The van der Waals surface area contributed by atoms with Gasteiger partial charge in [0, 0.05) is 16.5 Å². The highest BCUT2D eigenvalue weighted by Gasteiger charge is 2.11. The van der Waals surface area contributed by atoms with Crippen molar-refractivity contribution in [1.82, 2.24) is 9.97 Å². The number of anilines is 1. The third kappa shape index (κ3) is 1.70. The molecule has 108 valence electrons. The number of nitrogens with zero attached hydrogens (tertiary/aromatic N) is 2. The molecule has 0 amide bonds. The summed E-state index contributed by atoms with van der Waals surface area (Å²) < 4.78 is 0. The Labute approximate surface area is 132 Å². The average molecular weight is 295 g/mol. The summed E-state index contributed by atoms with van der Waals surface area (Å²) in [6.45, 7) is 0. The van der Waals surface area contributed by atoms with Crippen molar-refractivity contribution < 1.29 is 0 Å². The zero-order valence-electron chi connectivity index (χ0n) is 12.3. The van der Waals surface area contributed by atoms with Gasteiger partial charge < -0.3 is 5.73 Å². The maximum absolute atomic E-state index is 6.02. The molecular weight excluding hydrogens is 282 g/mol. The molecule has 0 saturated carbocycles. The monoisotopic (exact) mass is 295 g/mol. The molecule has 0 fully saturated rings. The van der Waals surface area contributed by atoms with E-state index < -0.39 is 0 Å².